The third-order valence-corrected chi connectivity index (χ3v) is 10.8. The first kappa shape index (κ1) is 29.5. The first-order valence-corrected chi connectivity index (χ1v) is 16.4. The molecule has 2 nitrogen and oxygen atoms in total. The minimum Gasteiger partial charge on any atom is -0.396 e. The lowest BCUT2D eigenvalue weighted by atomic mass is 9.60. The zero-order valence-corrected chi connectivity index (χ0v) is 24.0. The van der Waals surface area contributed by atoms with Crippen molar-refractivity contribution in [1.82, 2.24) is 0 Å². The molecule has 0 heterocycles. The van der Waals surface area contributed by atoms with Gasteiger partial charge in [0.25, 0.3) is 0 Å². The molecule has 3 aliphatic carbocycles. The molecular weight excluding hydrogens is 428 g/mol. The van der Waals surface area contributed by atoms with Crippen LogP contribution in [0.4, 0.5) is 0 Å². The summed E-state index contributed by atoms with van der Waals surface area (Å²) >= 11 is 0. The van der Waals surface area contributed by atoms with Crippen LogP contribution in [0.25, 0.3) is 0 Å². The summed E-state index contributed by atoms with van der Waals surface area (Å²) in [5.41, 5.74) is 0. The van der Waals surface area contributed by atoms with Crippen molar-refractivity contribution in [3.8, 4) is 0 Å². The van der Waals surface area contributed by atoms with Gasteiger partial charge in [0.2, 0.25) is 0 Å². The second-order valence-corrected chi connectivity index (χ2v) is 13.1. The lowest BCUT2D eigenvalue weighted by Gasteiger charge is -2.46. The summed E-state index contributed by atoms with van der Waals surface area (Å²) in [6.45, 7) is 8.63. The summed E-state index contributed by atoms with van der Waals surface area (Å²) in [7, 11) is 0. The Balaban J connectivity index is 1.37. The van der Waals surface area contributed by atoms with E-state index in [0.29, 0.717) is 12.7 Å². The molecule has 0 aromatic heterocycles. The fraction of sp³-hybridized carbons (Fsp3) is 1.00. The topological polar surface area (TPSA) is 29.5 Å². The van der Waals surface area contributed by atoms with Gasteiger partial charge in [-0.05, 0) is 92.8 Å². The maximum Gasteiger partial charge on any atom is 0.0578 e. The van der Waals surface area contributed by atoms with E-state index in [-0.39, 0.29) is 0 Å². The van der Waals surface area contributed by atoms with Crippen LogP contribution >= 0.6 is 0 Å². The van der Waals surface area contributed by atoms with Crippen molar-refractivity contribution in [2.75, 3.05) is 13.2 Å². The molecule has 0 bridgehead atoms. The van der Waals surface area contributed by atoms with E-state index >= 15 is 0 Å². The lowest BCUT2D eigenvalue weighted by Crippen LogP contribution is -2.39. The van der Waals surface area contributed by atoms with Gasteiger partial charge in [-0.2, -0.15) is 0 Å². The van der Waals surface area contributed by atoms with Crippen LogP contribution in [0.3, 0.4) is 0 Å². The summed E-state index contributed by atoms with van der Waals surface area (Å²) in [4.78, 5) is 0. The number of aliphatic hydroxyl groups is 1. The Morgan fingerprint density at radius 1 is 0.600 bits per heavy atom. The summed E-state index contributed by atoms with van der Waals surface area (Å²) in [6.07, 6.45) is 28.2. The molecule has 3 saturated carbocycles. The second kappa shape index (κ2) is 16.7. The minimum absolute atomic E-state index is 0.371. The van der Waals surface area contributed by atoms with E-state index in [4.69, 9.17) is 9.84 Å². The van der Waals surface area contributed by atoms with E-state index in [1.807, 2.05) is 0 Å². The maximum absolute atomic E-state index is 9.14. The van der Waals surface area contributed by atoms with Gasteiger partial charge in [-0.3, -0.25) is 0 Å². The third-order valence-electron chi connectivity index (χ3n) is 10.8. The van der Waals surface area contributed by atoms with Gasteiger partial charge in [0.15, 0.2) is 0 Å². The average Bonchev–Trinajstić information content (AvgIpc) is 2.90. The molecule has 3 fully saturated rings. The number of unbranched alkanes of at least 4 members (excludes halogenated alkanes) is 4. The Kier molecular flexibility index (Phi) is 14.1. The van der Waals surface area contributed by atoms with Crippen LogP contribution in [0, 0.1) is 41.4 Å². The molecule has 3 rings (SSSR count). The largest absolute Gasteiger partial charge is 0.396 e. The van der Waals surface area contributed by atoms with Crippen molar-refractivity contribution in [2.45, 2.75) is 155 Å². The molecule has 2 heteroatoms. The zero-order valence-electron chi connectivity index (χ0n) is 24.0. The third kappa shape index (κ3) is 9.63. The van der Waals surface area contributed by atoms with Gasteiger partial charge in [0.1, 0.15) is 0 Å². The Labute approximate surface area is 219 Å². The molecule has 0 amide bonds. The summed E-state index contributed by atoms with van der Waals surface area (Å²) in [5, 5.41) is 9.14. The molecule has 0 aromatic carbocycles. The normalized spacial score (nSPS) is 36.3. The molecule has 1 N–H and O–H groups in total. The molecule has 206 valence electrons. The molecule has 0 radical (unpaired) electrons. The molecule has 0 aliphatic heterocycles. The standard InChI is InChI=1S/C33H62O2/c1-4-7-8-9-12-26-14-16-28(17-15-26)25-35-31-19-21-33(30(6-3)24-31)32-20-18-27(13-10-11-22-34)23-29(32)5-2/h26-34H,4-25H2,1-3H3. The van der Waals surface area contributed by atoms with E-state index in [9.17, 15) is 0 Å². The zero-order chi connectivity index (χ0) is 24.9. The lowest BCUT2D eigenvalue weighted by molar-refractivity contribution is -0.0460. The van der Waals surface area contributed by atoms with Crippen molar-refractivity contribution >= 4 is 0 Å². The highest BCUT2D eigenvalue weighted by atomic mass is 16.5. The molecule has 0 spiro atoms. The highest BCUT2D eigenvalue weighted by Gasteiger charge is 2.40. The Morgan fingerprint density at radius 2 is 1.20 bits per heavy atom. The summed E-state index contributed by atoms with van der Waals surface area (Å²) < 4.78 is 6.64. The van der Waals surface area contributed by atoms with Gasteiger partial charge in [-0.1, -0.05) is 97.8 Å². The molecule has 3 aliphatic rings. The summed E-state index contributed by atoms with van der Waals surface area (Å²) in [5.74, 6) is 6.52. The monoisotopic (exact) mass is 490 g/mol. The highest BCUT2D eigenvalue weighted by Crippen LogP contribution is 2.48. The smallest absolute Gasteiger partial charge is 0.0578 e. The first-order chi connectivity index (χ1) is 17.2. The fourth-order valence-corrected chi connectivity index (χ4v) is 8.47. The van der Waals surface area contributed by atoms with Gasteiger partial charge in [-0.15, -0.1) is 0 Å². The maximum atomic E-state index is 9.14. The Hall–Kier alpha value is -0.0800. The van der Waals surface area contributed by atoms with E-state index in [2.05, 4.69) is 20.8 Å². The van der Waals surface area contributed by atoms with Crippen molar-refractivity contribution < 1.29 is 9.84 Å². The fourth-order valence-electron chi connectivity index (χ4n) is 8.47. The van der Waals surface area contributed by atoms with Crippen LogP contribution in [-0.4, -0.2) is 24.4 Å². The van der Waals surface area contributed by atoms with E-state index in [1.54, 1.807) is 0 Å². The van der Waals surface area contributed by atoms with Gasteiger partial charge in [0, 0.05) is 13.2 Å². The van der Waals surface area contributed by atoms with Crippen molar-refractivity contribution in [3.05, 3.63) is 0 Å². The van der Waals surface area contributed by atoms with Gasteiger partial charge in [-0.25, -0.2) is 0 Å². The van der Waals surface area contributed by atoms with Gasteiger partial charge >= 0.3 is 0 Å². The van der Waals surface area contributed by atoms with Crippen LogP contribution in [0.5, 0.6) is 0 Å². The number of aliphatic hydroxyl groups excluding tert-OH is 1. The minimum atomic E-state index is 0.371. The van der Waals surface area contributed by atoms with Crippen LogP contribution in [0.1, 0.15) is 149 Å². The van der Waals surface area contributed by atoms with Crippen molar-refractivity contribution in [3.63, 3.8) is 0 Å². The van der Waals surface area contributed by atoms with Crippen molar-refractivity contribution in [1.29, 1.82) is 0 Å². The SMILES string of the molecule is CCCCCCC1CCC(COC2CCC(C3CCC(CCCCO)CC3CC)C(CC)C2)CC1. The van der Waals surface area contributed by atoms with Gasteiger partial charge in [0.05, 0.1) is 6.10 Å². The second-order valence-electron chi connectivity index (χ2n) is 13.1. The summed E-state index contributed by atoms with van der Waals surface area (Å²) in [6, 6.07) is 0. The van der Waals surface area contributed by atoms with Crippen molar-refractivity contribution in [2.24, 2.45) is 41.4 Å². The first-order valence-electron chi connectivity index (χ1n) is 16.4. The molecular formula is C33H62O2. The van der Waals surface area contributed by atoms with Crippen LogP contribution in [0.15, 0.2) is 0 Å². The van der Waals surface area contributed by atoms with Crippen LogP contribution < -0.4 is 0 Å². The molecule has 35 heavy (non-hydrogen) atoms. The molecule has 6 unspecified atom stereocenters. The predicted octanol–water partition coefficient (Wildman–Crippen LogP) is 9.58. The van der Waals surface area contributed by atoms with Crippen LogP contribution in [-0.2, 0) is 4.74 Å². The van der Waals surface area contributed by atoms with E-state index in [0.717, 1.165) is 54.5 Å². The molecule has 0 aromatic rings. The Morgan fingerprint density at radius 3 is 1.89 bits per heavy atom. The van der Waals surface area contributed by atoms with E-state index < -0.39 is 0 Å². The molecule has 6 atom stereocenters. The number of rotatable bonds is 15. The number of hydrogen-bond acceptors (Lipinski definition) is 2. The highest BCUT2D eigenvalue weighted by molar-refractivity contribution is 4.90. The Bertz CT molecular complexity index is 525. The average molecular weight is 491 g/mol. The quantitative estimate of drug-likeness (QED) is 0.231. The van der Waals surface area contributed by atoms with E-state index in [1.165, 1.54) is 122 Å². The van der Waals surface area contributed by atoms with Crippen LogP contribution in [0.2, 0.25) is 0 Å². The predicted molar refractivity (Wildman–Crippen MR) is 151 cm³/mol. The molecule has 0 saturated heterocycles. The van der Waals surface area contributed by atoms with Gasteiger partial charge < -0.3 is 9.84 Å². The number of hydrogen-bond donors (Lipinski definition) is 1. The number of ether oxygens (including phenoxy) is 1.